The van der Waals surface area contributed by atoms with Crippen molar-refractivity contribution >= 4 is 23.5 Å². The molecule has 1 aromatic heterocycles. The smallest absolute Gasteiger partial charge is 0.308 e. The Morgan fingerprint density at radius 3 is 2.65 bits per heavy atom. The lowest BCUT2D eigenvalue weighted by molar-refractivity contribution is -0.144. The summed E-state index contributed by atoms with van der Waals surface area (Å²) in [4.78, 5) is 23.5. The number of carboxylic acids is 1. The van der Waals surface area contributed by atoms with Gasteiger partial charge in [0, 0.05) is 6.04 Å². The summed E-state index contributed by atoms with van der Waals surface area (Å²) in [7, 11) is 0. The molecule has 0 spiro atoms. The molecule has 0 aliphatic heterocycles. The van der Waals surface area contributed by atoms with Crippen LogP contribution in [0, 0.1) is 17.8 Å². The highest BCUT2D eigenvalue weighted by molar-refractivity contribution is 6.29. The van der Waals surface area contributed by atoms with E-state index in [-0.39, 0.29) is 28.7 Å². The lowest BCUT2D eigenvalue weighted by Crippen LogP contribution is -2.47. The van der Waals surface area contributed by atoms with Crippen molar-refractivity contribution < 1.29 is 14.7 Å². The van der Waals surface area contributed by atoms with Crippen LogP contribution in [0.5, 0.6) is 0 Å². The number of aromatic nitrogens is 2. The Bertz CT molecular complexity index is 548. The number of hydrogen-bond acceptors (Lipinski definition) is 4. The third-order valence-electron chi connectivity index (χ3n) is 4.36. The molecule has 1 aromatic rings. The van der Waals surface area contributed by atoms with Crippen molar-refractivity contribution in [3.63, 3.8) is 0 Å². The first kappa shape index (κ1) is 13.3. The molecule has 106 valence electrons. The second-order valence-electron chi connectivity index (χ2n) is 5.44. The molecule has 1 heterocycles. The molecule has 4 unspecified atom stereocenters. The Hall–Kier alpha value is -1.69. The predicted octanol–water partition coefficient (Wildman–Crippen LogP) is 1.36. The number of carbonyl (C=O) groups is 2. The van der Waals surface area contributed by atoms with E-state index in [1.165, 1.54) is 12.1 Å². The molecule has 2 aliphatic carbocycles. The number of nitrogens with zero attached hydrogens (tertiary/aromatic N) is 2. The number of carboxylic acid groups (broad SMARTS) is 1. The highest BCUT2D eigenvalue weighted by Gasteiger charge is 2.51. The number of nitrogens with one attached hydrogen (secondary N) is 1. The summed E-state index contributed by atoms with van der Waals surface area (Å²) in [5, 5.41) is 19.7. The first-order valence-electron chi connectivity index (χ1n) is 6.59. The van der Waals surface area contributed by atoms with Crippen molar-refractivity contribution in [2.45, 2.75) is 25.3 Å². The van der Waals surface area contributed by atoms with Crippen molar-refractivity contribution in [1.82, 2.24) is 15.5 Å². The number of carbonyl (C=O) groups excluding carboxylic acids is 1. The maximum absolute atomic E-state index is 12.1. The van der Waals surface area contributed by atoms with E-state index >= 15 is 0 Å². The summed E-state index contributed by atoms with van der Waals surface area (Å²) in [6, 6.07) is 2.66. The number of aliphatic carboxylic acids is 1. The van der Waals surface area contributed by atoms with E-state index in [9.17, 15) is 14.7 Å². The minimum absolute atomic E-state index is 0.154. The van der Waals surface area contributed by atoms with E-state index in [1.807, 2.05) is 0 Å². The van der Waals surface area contributed by atoms with Crippen LogP contribution in [0.15, 0.2) is 12.1 Å². The SMILES string of the molecule is O=C(NC1C2CCC(C2)C1C(=O)O)c1ccc(Cl)nn1. The molecular weight excluding hydrogens is 282 g/mol. The van der Waals surface area contributed by atoms with Crippen molar-refractivity contribution in [1.29, 1.82) is 0 Å². The van der Waals surface area contributed by atoms with Gasteiger partial charge in [-0.2, -0.15) is 0 Å². The van der Waals surface area contributed by atoms with E-state index < -0.39 is 17.8 Å². The van der Waals surface area contributed by atoms with Crippen LogP contribution in [0.4, 0.5) is 0 Å². The molecule has 0 saturated heterocycles. The van der Waals surface area contributed by atoms with Crippen LogP contribution in [-0.2, 0) is 4.79 Å². The van der Waals surface area contributed by atoms with Crippen LogP contribution < -0.4 is 5.32 Å². The second kappa shape index (κ2) is 5.01. The maximum Gasteiger partial charge on any atom is 0.308 e. The van der Waals surface area contributed by atoms with Gasteiger partial charge in [-0.1, -0.05) is 11.6 Å². The molecule has 0 radical (unpaired) electrons. The fourth-order valence-electron chi connectivity index (χ4n) is 3.52. The number of fused-ring (bicyclic) bond motifs is 2. The highest BCUT2D eigenvalue weighted by Crippen LogP contribution is 2.48. The van der Waals surface area contributed by atoms with E-state index in [0.29, 0.717) is 0 Å². The first-order chi connectivity index (χ1) is 9.56. The van der Waals surface area contributed by atoms with Gasteiger partial charge in [0.2, 0.25) is 0 Å². The fourth-order valence-corrected chi connectivity index (χ4v) is 3.62. The Morgan fingerprint density at radius 1 is 1.25 bits per heavy atom. The van der Waals surface area contributed by atoms with Crippen LogP contribution in [0.2, 0.25) is 5.15 Å². The molecule has 3 rings (SSSR count). The normalized spacial score (nSPS) is 31.2. The third kappa shape index (κ3) is 2.24. The van der Waals surface area contributed by atoms with Gasteiger partial charge < -0.3 is 10.4 Å². The number of hydrogen-bond donors (Lipinski definition) is 2. The number of rotatable bonds is 3. The summed E-state index contributed by atoms with van der Waals surface area (Å²) >= 11 is 5.62. The van der Waals surface area contributed by atoms with Gasteiger partial charge in [0.25, 0.3) is 5.91 Å². The van der Waals surface area contributed by atoms with Crippen LogP contribution in [0.3, 0.4) is 0 Å². The summed E-state index contributed by atoms with van der Waals surface area (Å²) in [6.07, 6.45) is 2.80. The van der Waals surface area contributed by atoms with Crippen LogP contribution in [0.25, 0.3) is 0 Å². The maximum atomic E-state index is 12.1. The molecule has 2 saturated carbocycles. The minimum atomic E-state index is -0.829. The Balaban J connectivity index is 1.75. The van der Waals surface area contributed by atoms with Crippen molar-refractivity contribution in [3.8, 4) is 0 Å². The standard InChI is InChI=1S/C13H14ClN3O3/c14-9-4-3-8(16-17-9)12(18)15-11-7-2-1-6(5-7)10(11)13(19)20/h3-4,6-7,10-11H,1-2,5H2,(H,15,18)(H,19,20). The summed E-state index contributed by atoms with van der Waals surface area (Å²) in [5.74, 6) is -1.27. The molecule has 2 bridgehead atoms. The van der Waals surface area contributed by atoms with E-state index in [1.54, 1.807) is 0 Å². The average molecular weight is 296 g/mol. The fraction of sp³-hybridized carbons (Fsp3) is 0.538. The minimum Gasteiger partial charge on any atom is -0.481 e. The average Bonchev–Trinajstić information content (AvgIpc) is 3.00. The first-order valence-corrected chi connectivity index (χ1v) is 6.97. The number of amides is 1. The summed E-state index contributed by atoms with van der Waals surface area (Å²) in [5.41, 5.74) is 0.154. The molecule has 7 heteroatoms. The Labute approximate surface area is 120 Å². The van der Waals surface area contributed by atoms with E-state index in [4.69, 9.17) is 11.6 Å². The van der Waals surface area contributed by atoms with Gasteiger partial charge in [-0.25, -0.2) is 0 Å². The van der Waals surface area contributed by atoms with Gasteiger partial charge >= 0.3 is 5.97 Å². The topological polar surface area (TPSA) is 92.2 Å². The summed E-state index contributed by atoms with van der Waals surface area (Å²) in [6.45, 7) is 0. The van der Waals surface area contributed by atoms with Gasteiger partial charge in [0.15, 0.2) is 10.8 Å². The second-order valence-corrected chi connectivity index (χ2v) is 5.83. The molecular formula is C13H14ClN3O3. The lowest BCUT2D eigenvalue weighted by atomic mass is 9.84. The third-order valence-corrected chi connectivity index (χ3v) is 4.57. The molecule has 2 fully saturated rings. The lowest BCUT2D eigenvalue weighted by Gasteiger charge is -2.28. The van der Waals surface area contributed by atoms with Crippen LogP contribution in [0.1, 0.15) is 29.8 Å². The van der Waals surface area contributed by atoms with E-state index in [2.05, 4.69) is 15.5 Å². The molecule has 4 atom stereocenters. The van der Waals surface area contributed by atoms with Crippen molar-refractivity contribution in [2.24, 2.45) is 17.8 Å². The highest BCUT2D eigenvalue weighted by atomic mass is 35.5. The molecule has 0 aromatic carbocycles. The van der Waals surface area contributed by atoms with Crippen LogP contribution >= 0.6 is 11.6 Å². The summed E-state index contributed by atoms with van der Waals surface area (Å²) < 4.78 is 0. The quantitative estimate of drug-likeness (QED) is 0.878. The van der Waals surface area contributed by atoms with Crippen LogP contribution in [-0.4, -0.2) is 33.2 Å². The predicted molar refractivity (Wildman–Crippen MR) is 70.3 cm³/mol. The monoisotopic (exact) mass is 295 g/mol. The van der Waals surface area contributed by atoms with Gasteiger partial charge in [-0.15, -0.1) is 10.2 Å². The Kier molecular flexibility index (Phi) is 3.33. The van der Waals surface area contributed by atoms with E-state index in [0.717, 1.165) is 19.3 Å². The largest absolute Gasteiger partial charge is 0.481 e. The molecule has 2 aliphatic rings. The van der Waals surface area contributed by atoms with Gasteiger partial charge in [0.05, 0.1) is 5.92 Å². The zero-order valence-corrected chi connectivity index (χ0v) is 11.4. The molecule has 1 amide bonds. The zero-order valence-electron chi connectivity index (χ0n) is 10.6. The van der Waals surface area contributed by atoms with Gasteiger partial charge in [0.1, 0.15) is 0 Å². The number of halogens is 1. The van der Waals surface area contributed by atoms with Crippen molar-refractivity contribution in [3.05, 3.63) is 23.0 Å². The molecule has 2 N–H and O–H groups in total. The van der Waals surface area contributed by atoms with Gasteiger partial charge in [-0.3, -0.25) is 9.59 Å². The molecule has 6 nitrogen and oxygen atoms in total. The zero-order chi connectivity index (χ0) is 14.3. The molecule has 20 heavy (non-hydrogen) atoms. The Morgan fingerprint density at radius 2 is 2.00 bits per heavy atom. The van der Waals surface area contributed by atoms with Crippen molar-refractivity contribution in [2.75, 3.05) is 0 Å². The van der Waals surface area contributed by atoms with Gasteiger partial charge in [-0.05, 0) is 43.2 Å².